The average Bonchev–Trinajstić information content (AvgIpc) is 2.57. The number of anilines is 2. The van der Waals surface area contributed by atoms with E-state index in [4.69, 9.17) is 4.74 Å². The number of nitrogens with zero attached hydrogens (tertiary/aromatic N) is 2. The SMILES string of the molecule is CCOC(=O)c1c(Nc2ccc(C)cc2)nc2ccccn2c1=O. The number of hydrogen-bond acceptors (Lipinski definition) is 5. The summed E-state index contributed by atoms with van der Waals surface area (Å²) >= 11 is 0. The van der Waals surface area contributed by atoms with Crippen LogP contribution in [0.2, 0.25) is 0 Å². The van der Waals surface area contributed by atoms with Crippen LogP contribution in [0.1, 0.15) is 22.8 Å². The predicted octanol–water partition coefficient (Wildman–Crippen LogP) is 2.92. The number of benzene rings is 1. The first-order valence-electron chi connectivity index (χ1n) is 7.62. The second-order valence-electron chi connectivity index (χ2n) is 5.28. The number of nitrogens with one attached hydrogen (secondary N) is 1. The van der Waals surface area contributed by atoms with Crippen LogP contribution in [-0.4, -0.2) is 22.0 Å². The summed E-state index contributed by atoms with van der Waals surface area (Å²) in [5, 5.41) is 3.05. The molecule has 0 radical (unpaired) electrons. The Morgan fingerprint density at radius 2 is 1.96 bits per heavy atom. The van der Waals surface area contributed by atoms with Crippen molar-refractivity contribution in [3.63, 3.8) is 0 Å². The third-order valence-corrected chi connectivity index (χ3v) is 3.53. The Labute approximate surface area is 138 Å². The summed E-state index contributed by atoms with van der Waals surface area (Å²) in [6.07, 6.45) is 1.57. The van der Waals surface area contributed by atoms with Crippen molar-refractivity contribution in [1.29, 1.82) is 0 Å². The maximum atomic E-state index is 12.7. The molecule has 0 saturated carbocycles. The number of fused-ring (bicyclic) bond motifs is 1. The zero-order chi connectivity index (χ0) is 17.1. The lowest BCUT2D eigenvalue weighted by molar-refractivity contribution is 0.0525. The third kappa shape index (κ3) is 2.99. The van der Waals surface area contributed by atoms with Gasteiger partial charge in [-0.2, -0.15) is 0 Å². The minimum absolute atomic E-state index is 0.110. The number of carbonyl (C=O) groups excluding carboxylic acids is 1. The number of aromatic nitrogens is 2. The van der Waals surface area contributed by atoms with Crippen molar-refractivity contribution in [3.05, 3.63) is 70.1 Å². The number of esters is 1. The summed E-state index contributed by atoms with van der Waals surface area (Å²) in [6.45, 7) is 3.85. The smallest absolute Gasteiger partial charge is 0.347 e. The minimum Gasteiger partial charge on any atom is -0.462 e. The molecule has 2 aromatic heterocycles. The van der Waals surface area contributed by atoms with Gasteiger partial charge in [-0.15, -0.1) is 0 Å². The molecule has 2 heterocycles. The van der Waals surface area contributed by atoms with Gasteiger partial charge in [0.25, 0.3) is 5.56 Å². The molecule has 24 heavy (non-hydrogen) atoms. The fraction of sp³-hybridized carbons (Fsp3) is 0.167. The second kappa shape index (κ2) is 6.54. The molecule has 3 aromatic rings. The standard InChI is InChI=1S/C18H17N3O3/c1-3-24-18(23)15-16(19-13-9-7-12(2)8-10-13)20-14-6-4-5-11-21(14)17(15)22/h4-11,19H,3H2,1-2H3. The van der Waals surface area contributed by atoms with Crippen LogP contribution in [0.25, 0.3) is 5.65 Å². The van der Waals surface area contributed by atoms with Crippen LogP contribution < -0.4 is 10.9 Å². The van der Waals surface area contributed by atoms with E-state index in [1.165, 1.54) is 4.40 Å². The summed E-state index contributed by atoms with van der Waals surface area (Å²) < 4.78 is 6.35. The lowest BCUT2D eigenvalue weighted by atomic mass is 10.2. The minimum atomic E-state index is -0.692. The zero-order valence-electron chi connectivity index (χ0n) is 13.4. The van der Waals surface area contributed by atoms with Gasteiger partial charge < -0.3 is 10.1 Å². The van der Waals surface area contributed by atoms with Gasteiger partial charge in [-0.05, 0) is 38.1 Å². The zero-order valence-corrected chi connectivity index (χ0v) is 13.4. The van der Waals surface area contributed by atoms with E-state index in [0.29, 0.717) is 5.65 Å². The molecule has 0 bridgehead atoms. The lowest BCUT2D eigenvalue weighted by Gasteiger charge is -2.12. The predicted molar refractivity (Wildman–Crippen MR) is 91.9 cm³/mol. The first-order valence-corrected chi connectivity index (χ1v) is 7.62. The van der Waals surface area contributed by atoms with Crippen LogP contribution in [0.4, 0.5) is 11.5 Å². The molecule has 6 heteroatoms. The molecule has 3 rings (SSSR count). The van der Waals surface area contributed by atoms with Gasteiger partial charge in [-0.3, -0.25) is 9.20 Å². The Morgan fingerprint density at radius 3 is 2.67 bits per heavy atom. The molecule has 0 aliphatic heterocycles. The van der Waals surface area contributed by atoms with Crippen molar-refractivity contribution in [2.75, 3.05) is 11.9 Å². The number of carbonyl (C=O) groups is 1. The van der Waals surface area contributed by atoms with Crippen molar-refractivity contribution in [1.82, 2.24) is 9.38 Å². The third-order valence-electron chi connectivity index (χ3n) is 3.53. The second-order valence-corrected chi connectivity index (χ2v) is 5.28. The molecule has 0 aliphatic carbocycles. The van der Waals surface area contributed by atoms with E-state index in [0.717, 1.165) is 11.3 Å². The van der Waals surface area contributed by atoms with Crippen molar-refractivity contribution < 1.29 is 9.53 Å². The Hall–Kier alpha value is -3.15. The molecule has 1 aromatic carbocycles. The number of ether oxygens (including phenoxy) is 1. The van der Waals surface area contributed by atoms with E-state index < -0.39 is 11.5 Å². The van der Waals surface area contributed by atoms with Gasteiger partial charge in [0.05, 0.1) is 6.61 Å². The van der Waals surface area contributed by atoms with E-state index in [1.807, 2.05) is 31.2 Å². The summed E-state index contributed by atoms with van der Waals surface area (Å²) in [7, 11) is 0. The van der Waals surface area contributed by atoms with Gasteiger partial charge in [0.2, 0.25) is 0 Å². The fourth-order valence-corrected chi connectivity index (χ4v) is 2.34. The van der Waals surface area contributed by atoms with Crippen LogP contribution in [0.15, 0.2) is 53.5 Å². The van der Waals surface area contributed by atoms with Crippen LogP contribution in [0, 0.1) is 6.92 Å². The highest BCUT2D eigenvalue weighted by Crippen LogP contribution is 2.19. The molecule has 0 unspecified atom stereocenters. The fourth-order valence-electron chi connectivity index (χ4n) is 2.34. The highest BCUT2D eigenvalue weighted by molar-refractivity contribution is 5.95. The van der Waals surface area contributed by atoms with Crippen molar-refractivity contribution >= 4 is 23.1 Å². The van der Waals surface area contributed by atoms with Crippen LogP contribution in [0.5, 0.6) is 0 Å². The molecule has 0 fully saturated rings. The largest absolute Gasteiger partial charge is 0.462 e. The average molecular weight is 323 g/mol. The Balaban J connectivity index is 2.16. The highest BCUT2D eigenvalue weighted by atomic mass is 16.5. The maximum Gasteiger partial charge on any atom is 0.347 e. The van der Waals surface area contributed by atoms with Gasteiger partial charge >= 0.3 is 5.97 Å². The summed E-state index contributed by atoms with van der Waals surface area (Å²) in [5.74, 6) is -0.503. The molecule has 0 atom stereocenters. The Bertz CT molecular complexity index is 946. The normalized spacial score (nSPS) is 10.6. The molecule has 0 saturated heterocycles. The quantitative estimate of drug-likeness (QED) is 0.747. The number of aryl methyl sites for hydroxylation is 1. The van der Waals surface area contributed by atoms with E-state index in [1.54, 1.807) is 31.3 Å². The van der Waals surface area contributed by atoms with E-state index in [-0.39, 0.29) is 18.0 Å². The van der Waals surface area contributed by atoms with Crippen LogP contribution >= 0.6 is 0 Å². The Kier molecular flexibility index (Phi) is 4.29. The van der Waals surface area contributed by atoms with Crippen molar-refractivity contribution in [3.8, 4) is 0 Å². The first kappa shape index (κ1) is 15.7. The van der Waals surface area contributed by atoms with Crippen LogP contribution in [0.3, 0.4) is 0 Å². The number of rotatable bonds is 4. The summed E-state index contributed by atoms with van der Waals surface area (Å²) in [4.78, 5) is 29.4. The van der Waals surface area contributed by atoms with Gasteiger partial charge in [0.1, 0.15) is 5.65 Å². The molecule has 0 amide bonds. The van der Waals surface area contributed by atoms with Gasteiger partial charge in [-0.1, -0.05) is 23.8 Å². The van der Waals surface area contributed by atoms with Crippen LogP contribution in [-0.2, 0) is 4.74 Å². The molecular formula is C18H17N3O3. The van der Waals surface area contributed by atoms with E-state index in [2.05, 4.69) is 10.3 Å². The van der Waals surface area contributed by atoms with Crippen molar-refractivity contribution in [2.45, 2.75) is 13.8 Å². The van der Waals surface area contributed by atoms with E-state index >= 15 is 0 Å². The highest BCUT2D eigenvalue weighted by Gasteiger charge is 2.21. The van der Waals surface area contributed by atoms with Gasteiger partial charge in [-0.25, -0.2) is 9.78 Å². The molecule has 6 nitrogen and oxygen atoms in total. The molecule has 0 aliphatic rings. The molecular weight excluding hydrogens is 306 g/mol. The lowest BCUT2D eigenvalue weighted by Crippen LogP contribution is -2.26. The van der Waals surface area contributed by atoms with Gasteiger partial charge in [0, 0.05) is 11.9 Å². The topological polar surface area (TPSA) is 72.7 Å². The molecule has 122 valence electrons. The number of hydrogen-bond donors (Lipinski definition) is 1. The molecule has 1 N–H and O–H groups in total. The molecule has 0 spiro atoms. The summed E-state index contributed by atoms with van der Waals surface area (Å²) in [6, 6.07) is 12.8. The van der Waals surface area contributed by atoms with Crippen molar-refractivity contribution in [2.24, 2.45) is 0 Å². The maximum absolute atomic E-state index is 12.7. The van der Waals surface area contributed by atoms with Gasteiger partial charge in [0.15, 0.2) is 11.4 Å². The number of pyridine rings is 1. The van der Waals surface area contributed by atoms with E-state index in [9.17, 15) is 9.59 Å². The monoisotopic (exact) mass is 323 g/mol. The Morgan fingerprint density at radius 1 is 1.21 bits per heavy atom. The first-order chi connectivity index (χ1) is 11.6. The summed E-state index contributed by atoms with van der Waals surface area (Å²) in [5.41, 5.74) is 1.72.